The predicted molar refractivity (Wildman–Crippen MR) is 171 cm³/mol. The number of amides is 1. The summed E-state index contributed by atoms with van der Waals surface area (Å²) in [4.78, 5) is 29.3. The van der Waals surface area contributed by atoms with E-state index in [9.17, 15) is 13.4 Å². The molecule has 0 saturated carbocycles. The molecule has 1 aliphatic heterocycles. The molecule has 0 bridgehead atoms. The van der Waals surface area contributed by atoms with E-state index in [0.29, 0.717) is 54.8 Å². The third-order valence-electron chi connectivity index (χ3n) is 7.45. The lowest BCUT2D eigenvalue weighted by Crippen LogP contribution is -2.54. The Morgan fingerprint density at radius 3 is 2.50 bits per heavy atom. The smallest absolute Gasteiger partial charge is 0.229 e. The van der Waals surface area contributed by atoms with Crippen molar-refractivity contribution in [3.05, 3.63) is 96.7 Å². The molecule has 1 aliphatic rings. The number of rotatable bonds is 12. The summed E-state index contributed by atoms with van der Waals surface area (Å²) in [5.41, 5.74) is 1.71. The SMILES string of the molecule is CN(C)CCNC(=O)C1(Cc2cccnc2)CCCN(S(=O)c2ccc(Nc3nccc(Nc4ccc(F)cc4)n3)cc2)C1. The third-order valence-corrected chi connectivity index (χ3v) is 8.91. The van der Waals surface area contributed by atoms with Gasteiger partial charge in [0.05, 0.1) is 10.3 Å². The molecule has 0 aliphatic carbocycles. The highest BCUT2D eigenvalue weighted by Crippen LogP contribution is 2.36. The number of hydrogen-bond donors (Lipinski definition) is 3. The van der Waals surface area contributed by atoms with E-state index in [1.807, 2.05) is 59.7 Å². The van der Waals surface area contributed by atoms with Crippen molar-refractivity contribution in [1.29, 1.82) is 0 Å². The second-order valence-corrected chi connectivity index (χ2v) is 12.6. The summed E-state index contributed by atoms with van der Waals surface area (Å²) >= 11 is 0. The van der Waals surface area contributed by atoms with Gasteiger partial charge in [-0.3, -0.25) is 9.78 Å². The van der Waals surface area contributed by atoms with Crippen molar-refractivity contribution < 1.29 is 13.4 Å². The largest absolute Gasteiger partial charge is 0.354 e. The fourth-order valence-electron chi connectivity index (χ4n) is 5.22. The summed E-state index contributed by atoms with van der Waals surface area (Å²) in [6.45, 7) is 2.30. The lowest BCUT2D eigenvalue weighted by molar-refractivity contribution is -0.133. The maximum atomic E-state index is 13.8. The minimum Gasteiger partial charge on any atom is -0.354 e. The average molecular weight is 617 g/mol. The maximum absolute atomic E-state index is 13.8. The van der Waals surface area contributed by atoms with E-state index < -0.39 is 16.4 Å². The van der Waals surface area contributed by atoms with E-state index >= 15 is 0 Å². The Morgan fingerprint density at radius 2 is 1.77 bits per heavy atom. The third kappa shape index (κ3) is 8.22. The Morgan fingerprint density at radius 1 is 1.02 bits per heavy atom. The zero-order valence-corrected chi connectivity index (χ0v) is 25.7. The van der Waals surface area contributed by atoms with Gasteiger partial charge in [-0.05, 0) is 99.6 Å². The van der Waals surface area contributed by atoms with Gasteiger partial charge in [-0.2, -0.15) is 4.98 Å². The van der Waals surface area contributed by atoms with Crippen molar-refractivity contribution >= 4 is 40.0 Å². The standard InChI is InChI=1S/C32H37FN8O2S/c1-40(2)20-18-35-30(42)32(21-24-5-3-16-34-22-24)15-4-19-41(23-32)44(43)28-12-10-27(11-13-28)38-31-36-17-14-29(39-31)37-26-8-6-25(33)7-9-26/h3,5-14,16-17,22H,4,15,18-21,23H2,1-2H3,(H,35,42)(H2,36,37,38,39). The van der Waals surface area contributed by atoms with Crippen LogP contribution in [0, 0.1) is 11.2 Å². The number of piperidine rings is 1. The van der Waals surface area contributed by atoms with Gasteiger partial charge in [0.1, 0.15) is 22.6 Å². The van der Waals surface area contributed by atoms with Crippen LogP contribution in [0.25, 0.3) is 0 Å². The fraction of sp³-hybridized carbons (Fsp3) is 0.312. The molecule has 4 aromatic rings. The molecule has 3 heterocycles. The summed E-state index contributed by atoms with van der Waals surface area (Å²) in [6.07, 6.45) is 7.14. The Hall–Kier alpha value is -4.26. The lowest BCUT2D eigenvalue weighted by Gasteiger charge is -2.41. The van der Waals surface area contributed by atoms with Gasteiger partial charge < -0.3 is 20.9 Å². The van der Waals surface area contributed by atoms with Crippen molar-refractivity contribution in [3.63, 3.8) is 0 Å². The van der Waals surface area contributed by atoms with Crippen LogP contribution >= 0.6 is 0 Å². The van der Waals surface area contributed by atoms with Crippen molar-refractivity contribution in [2.24, 2.45) is 5.41 Å². The molecular formula is C32H37FN8O2S. The number of nitrogens with one attached hydrogen (secondary N) is 3. The Kier molecular flexibility index (Phi) is 10.3. The summed E-state index contributed by atoms with van der Waals surface area (Å²) in [6, 6.07) is 18.9. The fourth-order valence-corrected chi connectivity index (χ4v) is 6.54. The van der Waals surface area contributed by atoms with Crippen molar-refractivity contribution in [2.75, 3.05) is 50.9 Å². The number of pyridine rings is 1. The molecule has 0 spiro atoms. The second kappa shape index (κ2) is 14.5. The van der Waals surface area contributed by atoms with Crippen LogP contribution in [0.1, 0.15) is 18.4 Å². The monoisotopic (exact) mass is 616 g/mol. The number of carbonyl (C=O) groups is 1. The Balaban J connectivity index is 1.26. The number of halogens is 1. The van der Waals surface area contributed by atoms with Crippen LogP contribution in [-0.4, -0.2) is 74.5 Å². The molecule has 0 radical (unpaired) electrons. The van der Waals surface area contributed by atoms with Gasteiger partial charge >= 0.3 is 0 Å². The first-order valence-electron chi connectivity index (χ1n) is 14.5. The molecule has 12 heteroatoms. The average Bonchev–Trinajstić information content (AvgIpc) is 3.03. The normalized spacial score (nSPS) is 17.6. The zero-order chi connectivity index (χ0) is 30.9. The molecule has 10 nitrogen and oxygen atoms in total. The van der Waals surface area contributed by atoms with Gasteiger partial charge in [0.2, 0.25) is 11.9 Å². The van der Waals surface area contributed by atoms with Gasteiger partial charge in [0.15, 0.2) is 0 Å². The molecule has 2 unspecified atom stereocenters. The van der Waals surface area contributed by atoms with Gasteiger partial charge in [-0.15, -0.1) is 0 Å². The number of carbonyl (C=O) groups excluding carboxylic acids is 1. The van der Waals surface area contributed by atoms with E-state index in [1.165, 1.54) is 12.1 Å². The Bertz CT molecular complexity index is 1560. The van der Waals surface area contributed by atoms with Gasteiger partial charge in [0.25, 0.3) is 0 Å². The van der Waals surface area contributed by atoms with Crippen LogP contribution in [0.3, 0.4) is 0 Å². The summed E-state index contributed by atoms with van der Waals surface area (Å²) in [5.74, 6) is 0.607. The quantitative estimate of drug-likeness (QED) is 0.213. The van der Waals surface area contributed by atoms with Crippen molar-refractivity contribution in [1.82, 2.24) is 29.5 Å². The molecule has 2 atom stereocenters. The van der Waals surface area contributed by atoms with Crippen molar-refractivity contribution in [3.8, 4) is 0 Å². The number of nitrogens with zero attached hydrogens (tertiary/aromatic N) is 5. The molecule has 230 valence electrons. The van der Waals surface area contributed by atoms with Gasteiger partial charge in [-0.1, -0.05) is 6.07 Å². The lowest BCUT2D eigenvalue weighted by atomic mass is 9.75. The minimum absolute atomic E-state index is 0.0133. The highest BCUT2D eigenvalue weighted by atomic mass is 32.2. The van der Waals surface area contributed by atoms with E-state index in [4.69, 9.17) is 0 Å². The van der Waals surface area contributed by atoms with E-state index in [2.05, 4.69) is 30.9 Å². The molecule has 5 rings (SSSR count). The van der Waals surface area contributed by atoms with Crippen LogP contribution in [0.4, 0.5) is 27.5 Å². The first kappa shape index (κ1) is 31.2. The number of benzene rings is 2. The molecule has 2 aromatic carbocycles. The molecule has 1 amide bonds. The first-order chi connectivity index (χ1) is 21.3. The van der Waals surface area contributed by atoms with Gasteiger partial charge in [-0.25, -0.2) is 17.9 Å². The number of aromatic nitrogens is 3. The molecule has 2 aromatic heterocycles. The topological polar surface area (TPSA) is 115 Å². The second-order valence-electron chi connectivity index (χ2n) is 11.1. The van der Waals surface area contributed by atoms with Crippen LogP contribution in [0.15, 0.2) is 90.2 Å². The van der Waals surface area contributed by atoms with Gasteiger partial charge in [0, 0.05) is 56.1 Å². The predicted octanol–water partition coefficient (Wildman–Crippen LogP) is 4.52. The van der Waals surface area contributed by atoms with Crippen LogP contribution < -0.4 is 16.0 Å². The van der Waals surface area contributed by atoms with Crippen LogP contribution in [-0.2, 0) is 22.2 Å². The highest BCUT2D eigenvalue weighted by Gasteiger charge is 2.43. The van der Waals surface area contributed by atoms with E-state index in [1.54, 1.807) is 36.8 Å². The molecule has 3 N–H and O–H groups in total. The zero-order valence-electron chi connectivity index (χ0n) is 24.9. The number of likely N-dealkylation sites (N-methyl/N-ethyl adjacent to an activating group) is 1. The van der Waals surface area contributed by atoms with E-state index in [-0.39, 0.29) is 11.7 Å². The summed E-state index contributed by atoms with van der Waals surface area (Å²) < 4.78 is 28.9. The molecular weight excluding hydrogens is 579 g/mol. The number of hydrogen-bond acceptors (Lipinski definition) is 8. The number of anilines is 4. The summed E-state index contributed by atoms with van der Waals surface area (Å²) in [5, 5.41) is 9.42. The molecule has 1 saturated heterocycles. The van der Waals surface area contributed by atoms with E-state index in [0.717, 1.165) is 24.2 Å². The highest BCUT2D eigenvalue weighted by molar-refractivity contribution is 7.82. The Labute approximate surface area is 259 Å². The van der Waals surface area contributed by atoms with Crippen molar-refractivity contribution in [2.45, 2.75) is 24.2 Å². The summed E-state index contributed by atoms with van der Waals surface area (Å²) in [7, 11) is 2.49. The molecule has 44 heavy (non-hydrogen) atoms. The van der Waals surface area contributed by atoms with Crippen LogP contribution in [0.2, 0.25) is 0 Å². The maximum Gasteiger partial charge on any atom is 0.229 e. The first-order valence-corrected chi connectivity index (χ1v) is 15.6. The van der Waals surface area contributed by atoms with Crippen LogP contribution in [0.5, 0.6) is 0 Å². The minimum atomic E-state index is -1.45. The molecule has 1 fully saturated rings.